The van der Waals surface area contributed by atoms with E-state index in [0.29, 0.717) is 5.57 Å². The van der Waals surface area contributed by atoms with Crippen LogP contribution >= 0.6 is 0 Å². The van der Waals surface area contributed by atoms with Gasteiger partial charge in [0.1, 0.15) is 6.10 Å². The Balaban J connectivity index is 1.97. The predicted molar refractivity (Wildman–Crippen MR) is 64.9 cm³/mol. The van der Waals surface area contributed by atoms with Crippen molar-refractivity contribution in [2.45, 2.75) is 57.7 Å². The average Bonchev–Trinajstić information content (AvgIpc) is 2.49. The van der Waals surface area contributed by atoms with Crippen LogP contribution in [0.25, 0.3) is 0 Å². The smallest absolute Gasteiger partial charge is 0.333 e. The molecule has 0 radical (unpaired) electrons. The van der Waals surface area contributed by atoms with Crippen LogP contribution in [0.5, 0.6) is 0 Å². The van der Waals surface area contributed by atoms with Crippen molar-refractivity contribution in [2.75, 3.05) is 7.05 Å². The van der Waals surface area contributed by atoms with Crippen molar-refractivity contribution in [3.05, 3.63) is 16.9 Å². The third-order valence-corrected chi connectivity index (χ3v) is 4.38. The van der Waals surface area contributed by atoms with Crippen LogP contribution in [0.15, 0.2) is 11.6 Å². The number of carbonyl (C=O) groups excluding carboxylic acids is 1. The van der Waals surface area contributed by atoms with E-state index >= 15 is 0 Å². The summed E-state index contributed by atoms with van der Waals surface area (Å²) in [6.45, 7) is 3.58. The molecule has 0 spiro atoms. The number of esters is 1. The lowest BCUT2D eigenvalue weighted by molar-refractivity contribution is -0.903. The second-order valence-corrected chi connectivity index (χ2v) is 5.41. The van der Waals surface area contributed by atoms with Gasteiger partial charge < -0.3 is 14.6 Å². The minimum Gasteiger partial charge on any atom is -0.633 e. The highest BCUT2D eigenvalue weighted by Gasteiger charge is 2.47. The van der Waals surface area contributed by atoms with E-state index in [1.54, 1.807) is 20.0 Å². The number of piperidine rings is 1. The fraction of sp³-hybridized carbons (Fsp3) is 0.769. The zero-order valence-corrected chi connectivity index (χ0v) is 10.8. The summed E-state index contributed by atoms with van der Waals surface area (Å²) in [5, 5.41) is 12.3. The Morgan fingerprint density at radius 3 is 2.35 bits per heavy atom. The van der Waals surface area contributed by atoms with Crippen LogP contribution in [-0.4, -0.2) is 35.9 Å². The van der Waals surface area contributed by atoms with Crippen molar-refractivity contribution < 1.29 is 14.2 Å². The van der Waals surface area contributed by atoms with Gasteiger partial charge in [-0.3, -0.25) is 0 Å². The summed E-state index contributed by atoms with van der Waals surface area (Å²) in [4.78, 5) is 11.7. The first kappa shape index (κ1) is 12.6. The van der Waals surface area contributed by atoms with E-state index in [1.165, 1.54) is 0 Å². The van der Waals surface area contributed by atoms with Crippen LogP contribution in [0.2, 0.25) is 0 Å². The zero-order valence-electron chi connectivity index (χ0n) is 10.8. The molecule has 2 rings (SSSR count). The fourth-order valence-electron chi connectivity index (χ4n) is 3.01. The minimum atomic E-state index is -0.237. The van der Waals surface area contributed by atoms with Gasteiger partial charge in [0.2, 0.25) is 0 Å². The van der Waals surface area contributed by atoms with Gasteiger partial charge in [-0.05, 0) is 13.8 Å². The second-order valence-electron chi connectivity index (χ2n) is 5.41. The van der Waals surface area contributed by atoms with Crippen LogP contribution in [0.3, 0.4) is 0 Å². The van der Waals surface area contributed by atoms with E-state index in [0.717, 1.165) is 25.7 Å². The molecule has 2 saturated heterocycles. The molecule has 0 aromatic heterocycles. The van der Waals surface area contributed by atoms with Gasteiger partial charge in [-0.15, -0.1) is 0 Å². The standard InChI is InChI=1S/C13H21NO3/c1-4-9(2)13(15)17-12-7-10-5-6-11(8-12)14(10,3)16/h4,10-12H,5-8H2,1-3H3/b9-4+/t10-,11+,12?,14?. The van der Waals surface area contributed by atoms with Gasteiger partial charge in [-0.1, -0.05) is 6.08 Å². The minimum absolute atomic E-state index is 0.0601. The maximum Gasteiger partial charge on any atom is 0.333 e. The summed E-state index contributed by atoms with van der Waals surface area (Å²) >= 11 is 0. The highest BCUT2D eigenvalue weighted by atomic mass is 16.6. The van der Waals surface area contributed by atoms with E-state index in [4.69, 9.17) is 4.74 Å². The number of hydroxylamine groups is 3. The van der Waals surface area contributed by atoms with Gasteiger partial charge >= 0.3 is 5.97 Å². The molecule has 0 N–H and O–H groups in total. The van der Waals surface area contributed by atoms with Gasteiger partial charge in [0.25, 0.3) is 0 Å². The molecule has 4 nitrogen and oxygen atoms in total. The zero-order chi connectivity index (χ0) is 12.6. The average molecular weight is 239 g/mol. The Kier molecular flexibility index (Phi) is 3.27. The number of fused-ring (bicyclic) bond motifs is 2. The second kappa shape index (κ2) is 4.42. The van der Waals surface area contributed by atoms with E-state index in [-0.39, 0.29) is 28.8 Å². The number of ether oxygens (including phenoxy) is 1. The van der Waals surface area contributed by atoms with Crippen LogP contribution in [-0.2, 0) is 9.53 Å². The van der Waals surface area contributed by atoms with Gasteiger partial charge in [0.05, 0.1) is 19.1 Å². The third-order valence-electron chi connectivity index (χ3n) is 4.38. The Morgan fingerprint density at radius 1 is 1.35 bits per heavy atom. The molecule has 0 amide bonds. The summed E-state index contributed by atoms with van der Waals surface area (Å²) in [7, 11) is 1.76. The first-order chi connectivity index (χ1) is 7.95. The Labute approximate surface area is 102 Å². The van der Waals surface area contributed by atoms with Gasteiger partial charge in [0.15, 0.2) is 0 Å². The highest BCUT2D eigenvalue weighted by Crippen LogP contribution is 2.41. The summed E-state index contributed by atoms with van der Waals surface area (Å²) in [6, 6.07) is 0.245. The quantitative estimate of drug-likeness (QED) is 0.321. The Bertz CT molecular complexity index is 333. The molecule has 2 heterocycles. The SMILES string of the molecule is C/C=C(\C)C(=O)OC1C[C@H]2CC[C@@H](C1)[N+]2(C)[O-]. The van der Waals surface area contributed by atoms with Gasteiger partial charge in [-0.2, -0.15) is 0 Å². The lowest BCUT2D eigenvalue weighted by Gasteiger charge is -2.50. The van der Waals surface area contributed by atoms with Crippen LogP contribution in [0.4, 0.5) is 0 Å². The molecule has 4 atom stereocenters. The van der Waals surface area contributed by atoms with Crippen LogP contribution in [0.1, 0.15) is 39.5 Å². The van der Waals surface area contributed by atoms with Crippen molar-refractivity contribution in [3.8, 4) is 0 Å². The molecule has 17 heavy (non-hydrogen) atoms. The molecule has 0 aromatic rings. The summed E-state index contributed by atoms with van der Waals surface area (Å²) < 4.78 is 5.33. The number of carbonyl (C=O) groups is 1. The maximum absolute atomic E-state index is 12.3. The van der Waals surface area contributed by atoms with Gasteiger partial charge in [0, 0.05) is 31.3 Å². The lowest BCUT2D eigenvalue weighted by atomic mass is 10.00. The summed E-state index contributed by atoms with van der Waals surface area (Å²) in [5.74, 6) is -0.237. The molecule has 2 bridgehead atoms. The number of nitrogens with zero attached hydrogens (tertiary/aromatic N) is 1. The molecule has 2 aliphatic heterocycles. The first-order valence-corrected chi connectivity index (χ1v) is 6.36. The van der Waals surface area contributed by atoms with E-state index in [2.05, 4.69) is 0 Å². The molecule has 2 aliphatic rings. The monoisotopic (exact) mass is 239 g/mol. The van der Waals surface area contributed by atoms with Crippen molar-refractivity contribution in [1.82, 2.24) is 0 Å². The number of quaternary nitrogens is 1. The lowest BCUT2D eigenvalue weighted by Crippen LogP contribution is -2.54. The Hall–Kier alpha value is -0.870. The predicted octanol–water partition coefficient (Wildman–Crippen LogP) is 2.13. The molecule has 96 valence electrons. The molecular formula is C13H21NO3. The molecular weight excluding hydrogens is 218 g/mol. The Morgan fingerprint density at radius 2 is 1.88 bits per heavy atom. The van der Waals surface area contributed by atoms with E-state index < -0.39 is 0 Å². The van der Waals surface area contributed by atoms with Crippen molar-refractivity contribution in [3.63, 3.8) is 0 Å². The summed E-state index contributed by atoms with van der Waals surface area (Å²) in [5.41, 5.74) is 0.641. The normalized spacial score (nSPS) is 41.4. The number of hydrogen-bond donors (Lipinski definition) is 0. The molecule has 0 saturated carbocycles. The first-order valence-electron chi connectivity index (χ1n) is 6.36. The van der Waals surface area contributed by atoms with E-state index in [9.17, 15) is 10.0 Å². The maximum atomic E-state index is 12.3. The fourth-order valence-corrected chi connectivity index (χ4v) is 3.01. The van der Waals surface area contributed by atoms with Crippen LogP contribution < -0.4 is 0 Å². The molecule has 4 heteroatoms. The summed E-state index contributed by atoms with van der Waals surface area (Å²) in [6.07, 6.45) is 5.09. The molecule has 2 unspecified atom stereocenters. The molecule has 0 aromatic carbocycles. The number of rotatable bonds is 2. The van der Waals surface area contributed by atoms with Crippen molar-refractivity contribution >= 4 is 5.97 Å². The van der Waals surface area contributed by atoms with Gasteiger partial charge in [-0.25, -0.2) is 4.79 Å². The molecule has 0 aliphatic carbocycles. The van der Waals surface area contributed by atoms with Crippen molar-refractivity contribution in [1.29, 1.82) is 0 Å². The number of allylic oxidation sites excluding steroid dienone is 1. The highest BCUT2D eigenvalue weighted by molar-refractivity contribution is 5.87. The van der Waals surface area contributed by atoms with Crippen LogP contribution in [0, 0.1) is 5.21 Å². The topological polar surface area (TPSA) is 49.4 Å². The van der Waals surface area contributed by atoms with E-state index in [1.807, 2.05) is 6.92 Å². The number of hydrogen-bond acceptors (Lipinski definition) is 3. The molecule has 2 fully saturated rings. The third kappa shape index (κ3) is 2.24. The van der Waals surface area contributed by atoms with Crippen molar-refractivity contribution in [2.24, 2.45) is 0 Å². The largest absolute Gasteiger partial charge is 0.633 e.